The van der Waals surface area contributed by atoms with Crippen LogP contribution < -0.4 is 0 Å². The summed E-state index contributed by atoms with van der Waals surface area (Å²) in [4.78, 5) is 21.4. The molecule has 2 atom stereocenters. The minimum absolute atomic E-state index is 0.219. The number of rotatable bonds is 6. The fourth-order valence-corrected chi connectivity index (χ4v) is 1.94. The highest BCUT2D eigenvalue weighted by molar-refractivity contribution is 5.68. The molecule has 0 aliphatic heterocycles. The lowest BCUT2D eigenvalue weighted by Crippen LogP contribution is -2.28. The lowest BCUT2D eigenvalue weighted by atomic mass is 9.87. The standard InChI is InChI=1S/C12H15NO4/c1-2-11(13(16)17)10(8-12(14)15)9-6-4-3-5-7-9/h3-7,10-11H,2,8H2,1H3,(H,14,15)/t10-,11+/m0/s1. The van der Waals surface area contributed by atoms with Gasteiger partial charge in [-0.15, -0.1) is 0 Å². The van der Waals surface area contributed by atoms with Crippen molar-refractivity contribution >= 4 is 5.97 Å². The highest BCUT2D eigenvalue weighted by Gasteiger charge is 2.32. The highest BCUT2D eigenvalue weighted by Crippen LogP contribution is 2.27. The Labute approximate surface area is 99.2 Å². The zero-order chi connectivity index (χ0) is 12.8. The lowest BCUT2D eigenvalue weighted by molar-refractivity contribution is -0.527. The largest absolute Gasteiger partial charge is 0.481 e. The van der Waals surface area contributed by atoms with Crippen molar-refractivity contribution in [2.24, 2.45) is 0 Å². The third-order valence-corrected chi connectivity index (χ3v) is 2.78. The number of benzene rings is 1. The van der Waals surface area contributed by atoms with Gasteiger partial charge in [-0.3, -0.25) is 14.9 Å². The Morgan fingerprint density at radius 2 is 2.00 bits per heavy atom. The molecule has 0 aliphatic carbocycles. The molecule has 5 nitrogen and oxygen atoms in total. The van der Waals surface area contributed by atoms with Crippen molar-refractivity contribution < 1.29 is 14.8 Å². The van der Waals surface area contributed by atoms with E-state index in [1.165, 1.54) is 0 Å². The molecule has 1 rings (SSSR count). The van der Waals surface area contributed by atoms with E-state index < -0.39 is 17.9 Å². The number of nitrogens with zero attached hydrogens (tertiary/aromatic N) is 1. The van der Waals surface area contributed by atoms with Crippen LogP contribution in [0.25, 0.3) is 0 Å². The van der Waals surface area contributed by atoms with Gasteiger partial charge in [0.15, 0.2) is 0 Å². The first kappa shape index (κ1) is 13.2. The van der Waals surface area contributed by atoms with Crippen molar-refractivity contribution in [1.82, 2.24) is 0 Å². The van der Waals surface area contributed by atoms with Crippen LogP contribution in [0.2, 0.25) is 0 Å². The third kappa shape index (κ3) is 3.55. The van der Waals surface area contributed by atoms with Crippen LogP contribution in [0, 0.1) is 10.1 Å². The van der Waals surface area contributed by atoms with Crippen molar-refractivity contribution in [3.63, 3.8) is 0 Å². The molecule has 0 heterocycles. The monoisotopic (exact) mass is 237 g/mol. The molecular weight excluding hydrogens is 222 g/mol. The van der Waals surface area contributed by atoms with Gasteiger partial charge in [0.25, 0.3) is 0 Å². The Kier molecular flexibility index (Phi) is 4.63. The van der Waals surface area contributed by atoms with E-state index in [4.69, 9.17) is 5.11 Å². The smallest absolute Gasteiger partial charge is 0.304 e. The molecular formula is C12H15NO4. The van der Waals surface area contributed by atoms with E-state index in [9.17, 15) is 14.9 Å². The first-order valence-electron chi connectivity index (χ1n) is 5.46. The summed E-state index contributed by atoms with van der Waals surface area (Å²) >= 11 is 0. The van der Waals surface area contributed by atoms with E-state index in [0.717, 1.165) is 0 Å². The highest BCUT2D eigenvalue weighted by atomic mass is 16.6. The summed E-state index contributed by atoms with van der Waals surface area (Å²) in [6.45, 7) is 1.70. The number of nitro groups is 1. The average molecular weight is 237 g/mol. The quantitative estimate of drug-likeness (QED) is 0.608. The average Bonchev–Trinajstić information content (AvgIpc) is 2.29. The molecule has 0 spiro atoms. The summed E-state index contributed by atoms with van der Waals surface area (Å²) in [6, 6.07) is 7.94. The predicted molar refractivity (Wildman–Crippen MR) is 62.5 cm³/mol. The van der Waals surface area contributed by atoms with Crippen LogP contribution in [0.5, 0.6) is 0 Å². The molecule has 1 aromatic rings. The normalized spacial score (nSPS) is 13.9. The maximum absolute atomic E-state index is 10.9. The van der Waals surface area contributed by atoms with Crippen LogP contribution in [0.4, 0.5) is 0 Å². The van der Waals surface area contributed by atoms with Gasteiger partial charge in [-0.2, -0.15) is 0 Å². The first-order valence-corrected chi connectivity index (χ1v) is 5.46. The molecule has 0 aromatic heterocycles. The Bertz CT molecular complexity index is 391. The number of hydrogen-bond donors (Lipinski definition) is 1. The van der Waals surface area contributed by atoms with Crippen molar-refractivity contribution in [2.75, 3.05) is 0 Å². The van der Waals surface area contributed by atoms with Crippen LogP contribution >= 0.6 is 0 Å². The fraction of sp³-hybridized carbons (Fsp3) is 0.417. The Hall–Kier alpha value is -1.91. The van der Waals surface area contributed by atoms with E-state index in [1.54, 1.807) is 37.3 Å². The molecule has 17 heavy (non-hydrogen) atoms. The number of carboxylic acids is 1. The molecule has 0 bridgehead atoms. The molecule has 1 aromatic carbocycles. The maximum atomic E-state index is 10.9. The summed E-state index contributed by atoms with van der Waals surface area (Å²) in [5, 5.41) is 19.8. The van der Waals surface area contributed by atoms with Crippen molar-refractivity contribution in [3.8, 4) is 0 Å². The summed E-state index contributed by atoms with van der Waals surface area (Å²) in [7, 11) is 0. The number of aliphatic carboxylic acids is 1. The molecule has 0 saturated heterocycles. The molecule has 0 amide bonds. The Morgan fingerprint density at radius 1 is 1.41 bits per heavy atom. The Morgan fingerprint density at radius 3 is 2.41 bits per heavy atom. The van der Waals surface area contributed by atoms with Gasteiger partial charge in [0.1, 0.15) is 0 Å². The minimum atomic E-state index is -1.01. The molecule has 0 fully saturated rings. The third-order valence-electron chi connectivity index (χ3n) is 2.78. The summed E-state index contributed by atoms with van der Waals surface area (Å²) < 4.78 is 0. The van der Waals surface area contributed by atoms with Crippen LogP contribution in [-0.2, 0) is 4.79 Å². The topological polar surface area (TPSA) is 80.4 Å². The SMILES string of the molecule is CC[C@H]([C@@H](CC(=O)O)c1ccccc1)[N+](=O)[O-]. The van der Waals surface area contributed by atoms with Crippen LogP contribution in [0.1, 0.15) is 31.2 Å². The van der Waals surface area contributed by atoms with Crippen LogP contribution in [0.15, 0.2) is 30.3 Å². The van der Waals surface area contributed by atoms with Gasteiger partial charge in [0.05, 0.1) is 12.3 Å². The van der Waals surface area contributed by atoms with Crippen molar-refractivity contribution in [1.29, 1.82) is 0 Å². The van der Waals surface area contributed by atoms with Crippen LogP contribution in [0.3, 0.4) is 0 Å². The van der Waals surface area contributed by atoms with Gasteiger partial charge in [-0.1, -0.05) is 37.3 Å². The van der Waals surface area contributed by atoms with Crippen molar-refractivity contribution in [2.45, 2.75) is 31.7 Å². The van der Waals surface area contributed by atoms with Gasteiger partial charge < -0.3 is 5.11 Å². The van der Waals surface area contributed by atoms with E-state index in [0.29, 0.717) is 12.0 Å². The number of hydrogen-bond acceptors (Lipinski definition) is 3. The van der Waals surface area contributed by atoms with E-state index in [-0.39, 0.29) is 11.3 Å². The molecule has 92 valence electrons. The van der Waals surface area contributed by atoms with E-state index >= 15 is 0 Å². The zero-order valence-electron chi connectivity index (χ0n) is 9.57. The molecule has 0 radical (unpaired) electrons. The van der Waals surface area contributed by atoms with E-state index in [2.05, 4.69) is 0 Å². The molecule has 5 heteroatoms. The second-order valence-corrected chi connectivity index (χ2v) is 3.88. The summed E-state index contributed by atoms with van der Waals surface area (Å²) in [5.74, 6) is -1.59. The lowest BCUT2D eigenvalue weighted by Gasteiger charge is -2.18. The van der Waals surface area contributed by atoms with Gasteiger partial charge in [-0.25, -0.2) is 0 Å². The second kappa shape index (κ2) is 5.98. The zero-order valence-corrected chi connectivity index (χ0v) is 9.57. The van der Waals surface area contributed by atoms with Crippen LogP contribution in [-0.4, -0.2) is 22.0 Å². The fourth-order valence-electron chi connectivity index (χ4n) is 1.94. The summed E-state index contributed by atoms with van der Waals surface area (Å²) in [5.41, 5.74) is 0.707. The summed E-state index contributed by atoms with van der Waals surface area (Å²) in [6.07, 6.45) is 0.101. The van der Waals surface area contributed by atoms with Gasteiger partial charge in [-0.05, 0) is 5.56 Å². The maximum Gasteiger partial charge on any atom is 0.304 e. The molecule has 1 N–H and O–H groups in total. The molecule has 0 aliphatic rings. The molecule has 0 unspecified atom stereocenters. The Balaban J connectivity index is 3.02. The minimum Gasteiger partial charge on any atom is -0.481 e. The predicted octanol–water partition coefficient (Wildman–Crippen LogP) is 2.30. The first-order chi connectivity index (χ1) is 8.06. The second-order valence-electron chi connectivity index (χ2n) is 3.88. The number of carboxylic acid groups (broad SMARTS) is 1. The van der Waals surface area contributed by atoms with Gasteiger partial charge in [0, 0.05) is 11.3 Å². The van der Waals surface area contributed by atoms with E-state index in [1.807, 2.05) is 0 Å². The van der Waals surface area contributed by atoms with Gasteiger partial charge in [0.2, 0.25) is 6.04 Å². The molecule has 0 saturated carbocycles. The van der Waals surface area contributed by atoms with Crippen molar-refractivity contribution in [3.05, 3.63) is 46.0 Å². The number of carbonyl (C=O) groups is 1. The van der Waals surface area contributed by atoms with Gasteiger partial charge >= 0.3 is 5.97 Å².